The van der Waals surface area contributed by atoms with Gasteiger partial charge in [-0.05, 0) is 23.1 Å². The van der Waals surface area contributed by atoms with Crippen LogP contribution in [0.15, 0.2) is 29.3 Å². The van der Waals surface area contributed by atoms with E-state index < -0.39 is 0 Å². The Morgan fingerprint density at radius 1 is 1.19 bits per heavy atom. The SMILES string of the molecule is CC(C)(C)c1ccc(OCc2nn3c(CSC4=NCCS4)nnc3s2)cc1. The Balaban J connectivity index is 1.39. The van der Waals surface area contributed by atoms with Crippen LogP contribution >= 0.6 is 34.9 Å². The Bertz CT molecular complexity index is 956. The molecule has 0 radical (unpaired) electrons. The zero-order chi connectivity index (χ0) is 18.9. The van der Waals surface area contributed by atoms with Crippen LogP contribution in [-0.4, -0.2) is 36.5 Å². The van der Waals surface area contributed by atoms with E-state index in [0.29, 0.717) is 6.61 Å². The van der Waals surface area contributed by atoms with E-state index in [1.54, 1.807) is 23.5 Å². The molecule has 9 heteroatoms. The van der Waals surface area contributed by atoms with Crippen molar-refractivity contribution in [2.24, 2.45) is 4.99 Å². The van der Waals surface area contributed by atoms with Gasteiger partial charge in [-0.3, -0.25) is 4.99 Å². The Hall–Kier alpha value is -1.58. The number of rotatable bonds is 5. The van der Waals surface area contributed by atoms with Crippen molar-refractivity contribution in [1.29, 1.82) is 0 Å². The minimum absolute atomic E-state index is 0.142. The molecule has 0 saturated heterocycles. The van der Waals surface area contributed by atoms with Crippen LogP contribution in [0.5, 0.6) is 5.75 Å². The smallest absolute Gasteiger partial charge is 0.234 e. The average molecular weight is 420 g/mol. The summed E-state index contributed by atoms with van der Waals surface area (Å²) in [6.45, 7) is 7.96. The number of aliphatic imine (C=N–C) groups is 1. The van der Waals surface area contributed by atoms with E-state index in [1.165, 1.54) is 16.9 Å². The normalized spacial score (nSPS) is 14.7. The lowest BCUT2D eigenvalue weighted by Crippen LogP contribution is -2.10. The summed E-state index contributed by atoms with van der Waals surface area (Å²) in [5.41, 5.74) is 1.43. The second-order valence-electron chi connectivity index (χ2n) is 7.15. The molecule has 0 unspecified atom stereocenters. The average Bonchev–Trinajstić information content (AvgIpc) is 3.35. The van der Waals surface area contributed by atoms with Crippen LogP contribution in [0.2, 0.25) is 0 Å². The third kappa shape index (κ3) is 4.47. The lowest BCUT2D eigenvalue weighted by atomic mass is 9.87. The molecule has 27 heavy (non-hydrogen) atoms. The van der Waals surface area contributed by atoms with Gasteiger partial charge in [0.25, 0.3) is 0 Å². The molecule has 0 spiro atoms. The number of benzene rings is 1. The van der Waals surface area contributed by atoms with Crippen LogP contribution in [-0.2, 0) is 17.8 Å². The molecular formula is C18H21N5OS3. The number of aromatic nitrogens is 4. The fraction of sp³-hybridized carbons (Fsp3) is 0.444. The van der Waals surface area contributed by atoms with Gasteiger partial charge in [0, 0.05) is 5.75 Å². The van der Waals surface area contributed by atoms with Gasteiger partial charge in [-0.1, -0.05) is 67.8 Å². The van der Waals surface area contributed by atoms with Gasteiger partial charge < -0.3 is 4.74 Å². The lowest BCUT2D eigenvalue weighted by molar-refractivity contribution is 0.304. The van der Waals surface area contributed by atoms with Crippen molar-refractivity contribution in [2.75, 3.05) is 12.3 Å². The standard InChI is InChI=1S/C18H21N5OS3/c1-18(2,3)12-4-6-13(7-5-12)24-10-15-22-23-14(20-21-16(23)27-15)11-26-17-19-8-9-25-17/h4-7H,8-11H2,1-3H3. The van der Waals surface area contributed by atoms with Crippen molar-refractivity contribution in [2.45, 2.75) is 38.5 Å². The molecule has 4 rings (SSSR count). The molecule has 1 aliphatic rings. The number of nitrogens with zero attached hydrogens (tertiary/aromatic N) is 5. The highest BCUT2D eigenvalue weighted by Gasteiger charge is 2.16. The van der Waals surface area contributed by atoms with Gasteiger partial charge >= 0.3 is 0 Å². The van der Waals surface area contributed by atoms with Crippen LogP contribution in [0.3, 0.4) is 0 Å². The Morgan fingerprint density at radius 3 is 2.70 bits per heavy atom. The predicted octanol–water partition coefficient (Wildman–Crippen LogP) is 4.40. The summed E-state index contributed by atoms with van der Waals surface area (Å²) in [5.74, 6) is 3.50. The summed E-state index contributed by atoms with van der Waals surface area (Å²) in [6.07, 6.45) is 0. The fourth-order valence-electron chi connectivity index (χ4n) is 2.57. The molecule has 0 amide bonds. The molecule has 0 saturated carbocycles. The first-order valence-electron chi connectivity index (χ1n) is 8.72. The number of ether oxygens (including phenoxy) is 1. The van der Waals surface area contributed by atoms with E-state index in [4.69, 9.17) is 4.74 Å². The molecule has 142 valence electrons. The zero-order valence-corrected chi connectivity index (χ0v) is 18.0. The van der Waals surface area contributed by atoms with Crippen LogP contribution < -0.4 is 4.74 Å². The summed E-state index contributed by atoms with van der Waals surface area (Å²) in [7, 11) is 0. The molecule has 2 aromatic heterocycles. The van der Waals surface area contributed by atoms with Gasteiger partial charge in [0.2, 0.25) is 4.96 Å². The van der Waals surface area contributed by atoms with E-state index in [0.717, 1.165) is 44.0 Å². The third-order valence-corrected chi connectivity index (χ3v) is 7.18. The van der Waals surface area contributed by atoms with Crippen molar-refractivity contribution in [3.63, 3.8) is 0 Å². The molecule has 1 aliphatic heterocycles. The molecule has 0 N–H and O–H groups in total. The lowest BCUT2D eigenvalue weighted by Gasteiger charge is -2.19. The number of thioether (sulfide) groups is 2. The molecule has 0 fully saturated rings. The molecule has 1 aromatic carbocycles. The fourth-order valence-corrected chi connectivity index (χ4v) is 5.25. The predicted molar refractivity (Wildman–Crippen MR) is 114 cm³/mol. The highest BCUT2D eigenvalue weighted by molar-refractivity contribution is 8.38. The van der Waals surface area contributed by atoms with Gasteiger partial charge in [-0.2, -0.15) is 9.61 Å². The number of hydrogen-bond donors (Lipinski definition) is 0. The van der Waals surface area contributed by atoms with Crippen molar-refractivity contribution in [3.8, 4) is 5.75 Å². The highest BCUT2D eigenvalue weighted by Crippen LogP contribution is 2.27. The van der Waals surface area contributed by atoms with Crippen LogP contribution in [0.4, 0.5) is 0 Å². The van der Waals surface area contributed by atoms with Gasteiger partial charge in [0.05, 0.1) is 12.3 Å². The number of fused-ring (bicyclic) bond motifs is 1. The van der Waals surface area contributed by atoms with Crippen molar-refractivity contribution >= 4 is 44.2 Å². The summed E-state index contributed by atoms with van der Waals surface area (Å²) >= 11 is 5.01. The minimum Gasteiger partial charge on any atom is -0.486 e. The molecular weight excluding hydrogens is 398 g/mol. The van der Waals surface area contributed by atoms with E-state index in [-0.39, 0.29) is 5.41 Å². The molecule has 3 heterocycles. The Morgan fingerprint density at radius 2 is 2.00 bits per heavy atom. The molecule has 3 aromatic rings. The van der Waals surface area contributed by atoms with E-state index >= 15 is 0 Å². The minimum atomic E-state index is 0.142. The Kier molecular flexibility index (Phi) is 5.43. The summed E-state index contributed by atoms with van der Waals surface area (Å²) in [6, 6.07) is 8.27. The molecule has 6 nitrogen and oxygen atoms in total. The maximum Gasteiger partial charge on any atom is 0.234 e. The van der Waals surface area contributed by atoms with E-state index in [9.17, 15) is 0 Å². The largest absolute Gasteiger partial charge is 0.486 e. The molecule has 0 aliphatic carbocycles. The van der Waals surface area contributed by atoms with Crippen molar-refractivity contribution in [3.05, 3.63) is 40.7 Å². The highest BCUT2D eigenvalue weighted by atomic mass is 32.2. The second-order valence-corrected chi connectivity index (χ2v) is 10.5. The van der Waals surface area contributed by atoms with Gasteiger partial charge in [0.15, 0.2) is 10.8 Å². The Labute approximate surface area is 170 Å². The second kappa shape index (κ2) is 7.81. The van der Waals surface area contributed by atoms with Crippen molar-refractivity contribution in [1.82, 2.24) is 19.8 Å². The van der Waals surface area contributed by atoms with E-state index in [1.807, 2.05) is 16.6 Å². The number of hydrogen-bond acceptors (Lipinski definition) is 8. The van der Waals surface area contributed by atoms with Crippen LogP contribution in [0, 0.1) is 0 Å². The summed E-state index contributed by atoms with van der Waals surface area (Å²) in [5, 5.41) is 14.0. The first-order valence-corrected chi connectivity index (χ1v) is 11.5. The van der Waals surface area contributed by atoms with Gasteiger partial charge in [-0.15, -0.1) is 10.2 Å². The monoisotopic (exact) mass is 419 g/mol. The third-order valence-electron chi connectivity index (χ3n) is 4.06. The quantitative estimate of drug-likeness (QED) is 0.611. The first-order chi connectivity index (χ1) is 13.0. The van der Waals surface area contributed by atoms with Gasteiger partial charge in [-0.25, -0.2) is 0 Å². The van der Waals surface area contributed by atoms with Crippen molar-refractivity contribution < 1.29 is 4.74 Å². The van der Waals surface area contributed by atoms with E-state index in [2.05, 4.69) is 53.2 Å². The topological polar surface area (TPSA) is 64.7 Å². The first kappa shape index (κ1) is 18.8. The maximum atomic E-state index is 5.90. The molecule has 0 atom stereocenters. The van der Waals surface area contributed by atoms with Gasteiger partial charge in [0.1, 0.15) is 16.7 Å². The van der Waals surface area contributed by atoms with Crippen LogP contribution in [0.25, 0.3) is 4.96 Å². The zero-order valence-electron chi connectivity index (χ0n) is 15.5. The van der Waals surface area contributed by atoms with Crippen LogP contribution in [0.1, 0.15) is 37.2 Å². The molecule has 0 bridgehead atoms. The summed E-state index contributed by atoms with van der Waals surface area (Å²) < 4.78 is 8.85. The summed E-state index contributed by atoms with van der Waals surface area (Å²) in [4.78, 5) is 5.25. The maximum absolute atomic E-state index is 5.90.